The minimum Gasteiger partial charge on any atom is -0.459 e. The summed E-state index contributed by atoms with van der Waals surface area (Å²) >= 11 is 0. The van der Waals surface area contributed by atoms with Crippen LogP contribution in [0.15, 0.2) is 91.3 Å². The number of fused-ring (bicyclic) bond motifs is 1. The lowest BCUT2D eigenvalue weighted by atomic mass is 10.0. The van der Waals surface area contributed by atoms with Crippen LogP contribution in [0.4, 0.5) is 0 Å². The third-order valence-corrected chi connectivity index (χ3v) is 4.71. The SMILES string of the molecule is O=C(C[C@H](NC(=O)c1ccccc1)c1ccccc1)OCc1cn2ccccc2n1. The highest BCUT2D eigenvalue weighted by Gasteiger charge is 2.20. The lowest BCUT2D eigenvalue weighted by Crippen LogP contribution is -2.30. The molecule has 0 spiro atoms. The molecule has 4 rings (SSSR count). The number of pyridine rings is 1. The summed E-state index contributed by atoms with van der Waals surface area (Å²) in [5, 5.41) is 2.94. The van der Waals surface area contributed by atoms with Gasteiger partial charge in [0.2, 0.25) is 0 Å². The molecule has 1 N–H and O–H groups in total. The molecule has 2 aromatic carbocycles. The van der Waals surface area contributed by atoms with Crippen LogP contribution in [0.3, 0.4) is 0 Å². The molecule has 150 valence electrons. The van der Waals surface area contributed by atoms with Crippen molar-refractivity contribution in [3.63, 3.8) is 0 Å². The second-order valence-corrected chi connectivity index (χ2v) is 6.87. The number of ether oxygens (including phenoxy) is 1. The van der Waals surface area contributed by atoms with Crippen LogP contribution >= 0.6 is 0 Å². The first-order valence-corrected chi connectivity index (χ1v) is 9.68. The fourth-order valence-corrected chi connectivity index (χ4v) is 3.21. The van der Waals surface area contributed by atoms with Crippen molar-refractivity contribution < 1.29 is 14.3 Å². The number of carbonyl (C=O) groups excluding carboxylic acids is 2. The lowest BCUT2D eigenvalue weighted by molar-refractivity contribution is -0.145. The highest BCUT2D eigenvalue weighted by molar-refractivity contribution is 5.94. The van der Waals surface area contributed by atoms with Gasteiger partial charge in [-0.25, -0.2) is 4.98 Å². The zero-order valence-electron chi connectivity index (χ0n) is 16.3. The Morgan fingerprint density at radius 3 is 2.37 bits per heavy atom. The third kappa shape index (κ3) is 4.72. The molecule has 0 fully saturated rings. The highest BCUT2D eigenvalue weighted by atomic mass is 16.5. The Morgan fingerprint density at radius 1 is 0.933 bits per heavy atom. The molecule has 4 aromatic rings. The van der Waals surface area contributed by atoms with E-state index in [1.54, 1.807) is 24.3 Å². The van der Waals surface area contributed by atoms with Crippen LogP contribution in [0.5, 0.6) is 0 Å². The molecule has 30 heavy (non-hydrogen) atoms. The molecule has 0 aliphatic rings. The maximum absolute atomic E-state index is 12.6. The molecule has 0 saturated carbocycles. The number of hydrogen-bond donors (Lipinski definition) is 1. The summed E-state index contributed by atoms with van der Waals surface area (Å²) in [6, 6.07) is 23.5. The molecule has 0 aliphatic carbocycles. The molecular formula is C24H21N3O3. The van der Waals surface area contributed by atoms with E-state index in [0.29, 0.717) is 11.3 Å². The van der Waals surface area contributed by atoms with Gasteiger partial charge in [0.25, 0.3) is 5.91 Å². The van der Waals surface area contributed by atoms with Crippen molar-refractivity contribution in [3.05, 3.63) is 108 Å². The zero-order chi connectivity index (χ0) is 20.8. The quantitative estimate of drug-likeness (QED) is 0.478. The predicted octanol–water partition coefficient (Wildman–Crippen LogP) is 3.94. The van der Waals surface area contributed by atoms with Gasteiger partial charge < -0.3 is 14.5 Å². The van der Waals surface area contributed by atoms with Gasteiger partial charge in [0.05, 0.1) is 18.2 Å². The van der Waals surface area contributed by atoms with Crippen molar-refractivity contribution in [1.82, 2.24) is 14.7 Å². The number of imidazole rings is 1. The molecule has 0 bridgehead atoms. The molecule has 6 nitrogen and oxygen atoms in total. The molecule has 1 atom stereocenters. The van der Waals surface area contributed by atoms with Gasteiger partial charge in [-0.1, -0.05) is 54.6 Å². The Kier molecular flexibility index (Phi) is 5.85. The molecule has 0 saturated heterocycles. The van der Waals surface area contributed by atoms with E-state index in [9.17, 15) is 9.59 Å². The molecule has 0 radical (unpaired) electrons. The second-order valence-electron chi connectivity index (χ2n) is 6.87. The smallest absolute Gasteiger partial charge is 0.308 e. The Balaban J connectivity index is 1.43. The van der Waals surface area contributed by atoms with Crippen molar-refractivity contribution in [2.75, 3.05) is 0 Å². The van der Waals surface area contributed by atoms with Crippen molar-refractivity contribution in [1.29, 1.82) is 0 Å². The Hall–Kier alpha value is -3.93. The minimum atomic E-state index is -0.493. The normalized spacial score (nSPS) is 11.7. The fourth-order valence-electron chi connectivity index (χ4n) is 3.21. The summed E-state index contributed by atoms with van der Waals surface area (Å²) in [5.41, 5.74) is 2.84. The van der Waals surface area contributed by atoms with Crippen molar-refractivity contribution in [2.45, 2.75) is 19.1 Å². The van der Waals surface area contributed by atoms with Crippen LogP contribution in [-0.2, 0) is 16.1 Å². The minimum absolute atomic E-state index is 0.0238. The number of hydrogen-bond acceptors (Lipinski definition) is 4. The number of amides is 1. The number of nitrogens with one attached hydrogen (secondary N) is 1. The van der Waals surface area contributed by atoms with E-state index in [4.69, 9.17) is 4.74 Å². The van der Waals surface area contributed by atoms with E-state index in [1.165, 1.54) is 0 Å². The van der Waals surface area contributed by atoms with Crippen LogP contribution in [0.1, 0.15) is 34.1 Å². The lowest BCUT2D eigenvalue weighted by Gasteiger charge is -2.18. The van der Waals surface area contributed by atoms with Crippen LogP contribution in [0.25, 0.3) is 5.65 Å². The van der Waals surface area contributed by atoms with Gasteiger partial charge in [-0.2, -0.15) is 0 Å². The van der Waals surface area contributed by atoms with E-state index < -0.39 is 12.0 Å². The number of rotatable bonds is 7. The van der Waals surface area contributed by atoms with Gasteiger partial charge in [0.1, 0.15) is 12.3 Å². The molecular weight excluding hydrogens is 378 g/mol. The van der Waals surface area contributed by atoms with Crippen LogP contribution in [0.2, 0.25) is 0 Å². The van der Waals surface area contributed by atoms with Gasteiger partial charge in [0, 0.05) is 18.0 Å². The second kappa shape index (κ2) is 9.05. The summed E-state index contributed by atoms with van der Waals surface area (Å²) in [6.07, 6.45) is 3.74. The molecule has 2 aromatic heterocycles. The van der Waals surface area contributed by atoms with Gasteiger partial charge >= 0.3 is 5.97 Å². The Morgan fingerprint density at radius 2 is 1.63 bits per heavy atom. The maximum Gasteiger partial charge on any atom is 0.308 e. The van der Waals surface area contributed by atoms with Crippen LogP contribution in [-0.4, -0.2) is 21.3 Å². The van der Waals surface area contributed by atoms with Crippen molar-refractivity contribution in [2.24, 2.45) is 0 Å². The van der Waals surface area contributed by atoms with E-state index in [1.807, 2.05) is 71.4 Å². The summed E-state index contributed by atoms with van der Waals surface area (Å²) in [4.78, 5) is 29.6. The monoisotopic (exact) mass is 399 g/mol. The number of aromatic nitrogens is 2. The van der Waals surface area contributed by atoms with E-state index in [0.717, 1.165) is 11.2 Å². The molecule has 6 heteroatoms. The van der Waals surface area contributed by atoms with Gasteiger partial charge in [-0.15, -0.1) is 0 Å². The Labute approximate surface area is 174 Å². The number of esters is 1. The fraction of sp³-hybridized carbons (Fsp3) is 0.125. The topological polar surface area (TPSA) is 72.7 Å². The first-order valence-electron chi connectivity index (χ1n) is 9.68. The van der Waals surface area contributed by atoms with Gasteiger partial charge in [-0.3, -0.25) is 9.59 Å². The molecule has 1 amide bonds. The standard InChI is InChI=1S/C24H21N3O3/c28-23(30-17-20-16-27-14-8-7-13-22(27)25-20)15-21(18-9-3-1-4-10-18)26-24(29)19-11-5-2-6-12-19/h1-14,16,21H,15,17H2,(H,26,29)/t21-/m0/s1. The zero-order valence-corrected chi connectivity index (χ0v) is 16.3. The van der Waals surface area contributed by atoms with Gasteiger partial charge in [-0.05, 0) is 29.8 Å². The average Bonchev–Trinajstić information content (AvgIpc) is 3.21. The Bertz CT molecular complexity index is 1110. The van der Waals surface area contributed by atoms with Crippen molar-refractivity contribution >= 4 is 17.5 Å². The average molecular weight is 399 g/mol. The maximum atomic E-state index is 12.6. The van der Waals surface area contributed by atoms with Crippen molar-refractivity contribution in [3.8, 4) is 0 Å². The first-order chi connectivity index (χ1) is 14.7. The number of benzene rings is 2. The number of nitrogens with zero attached hydrogens (tertiary/aromatic N) is 2. The largest absolute Gasteiger partial charge is 0.459 e. The summed E-state index contributed by atoms with van der Waals surface area (Å²) < 4.78 is 7.30. The molecule has 0 aliphatic heterocycles. The number of carbonyl (C=O) groups is 2. The third-order valence-electron chi connectivity index (χ3n) is 4.71. The first kappa shape index (κ1) is 19.4. The summed E-state index contributed by atoms with van der Waals surface area (Å²) in [7, 11) is 0. The van der Waals surface area contributed by atoms with E-state index in [2.05, 4.69) is 10.3 Å². The van der Waals surface area contributed by atoms with Crippen LogP contribution < -0.4 is 5.32 Å². The predicted molar refractivity (Wildman–Crippen MR) is 113 cm³/mol. The highest BCUT2D eigenvalue weighted by Crippen LogP contribution is 2.19. The van der Waals surface area contributed by atoms with Crippen LogP contribution in [0, 0.1) is 0 Å². The van der Waals surface area contributed by atoms with E-state index >= 15 is 0 Å². The molecule has 0 unspecified atom stereocenters. The summed E-state index contributed by atoms with van der Waals surface area (Å²) in [6.45, 7) is 0.0780. The molecule has 2 heterocycles. The summed E-state index contributed by atoms with van der Waals surface area (Å²) in [5.74, 6) is -0.646. The van der Waals surface area contributed by atoms with Gasteiger partial charge in [0.15, 0.2) is 0 Å². The van der Waals surface area contributed by atoms with E-state index in [-0.39, 0.29) is 18.9 Å².